The Morgan fingerprint density at radius 2 is 1.24 bits per heavy atom. The van der Waals surface area contributed by atoms with E-state index in [0.29, 0.717) is 0 Å². The highest BCUT2D eigenvalue weighted by Crippen LogP contribution is 2.27. The molecule has 6 N–H and O–H groups in total. The molecule has 0 heterocycles. The highest BCUT2D eigenvalue weighted by atomic mass is 35.5. The van der Waals surface area contributed by atoms with Gasteiger partial charge in [0.15, 0.2) is 0 Å². The highest BCUT2D eigenvalue weighted by Gasteiger charge is 2.30. The van der Waals surface area contributed by atoms with Crippen LogP contribution in [0.3, 0.4) is 0 Å². The Kier molecular flexibility index (Phi) is 8.27. The van der Waals surface area contributed by atoms with Gasteiger partial charge in [-0.2, -0.15) is 0 Å². The zero-order chi connectivity index (χ0) is 13.0. The van der Waals surface area contributed by atoms with Gasteiger partial charge >= 0.3 is 11.9 Å². The Bertz CT molecular complexity index is 259. The van der Waals surface area contributed by atoms with Crippen molar-refractivity contribution in [1.29, 1.82) is 0 Å². The summed E-state index contributed by atoms with van der Waals surface area (Å²) in [4.78, 5) is 21.3. The molecule has 102 valence electrons. The van der Waals surface area contributed by atoms with Crippen LogP contribution in [0.25, 0.3) is 0 Å². The lowest BCUT2D eigenvalue weighted by atomic mass is 10.1. The van der Waals surface area contributed by atoms with Gasteiger partial charge in [-0.15, -0.1) is 12.4 Å². The Labute approximate surface area is 114 Å². The molecule has 0 aromatic rings. The van der Waals surface area contributed by atoms with E-state index in [1.54, 1.807) is 0 Å². The van der Waals surface area contributed by atoms with Crippen LogP contribution in [0.4, 0.5) is 0 Å². The third-order valence-electron chi connectivity index (χ3n) is 1.78. The lowest BCUT2D eigenvalue weighted by molar-refractivity contribution is -0.142. The molecule has 17 heavy (non-hydrogen) atoms. The van der Waals surface area contributed by atoms with Crippen LogP contribution in [0.5, 0.6) is 0 Å². The number of carboxylic acid groups (broad SMARTS) is 2. The fraction of sp³-hybridized carbons (Fsp3) is 0.750. The molecule has 0 aliphatic heterocycles. The van der Waals surface area contributed by atoms with E-state index in [0.717, 1.165) is 0 Å². The van der Waals surface area contributed by atoms with Crippen LogP contribution in [0.15, 0.2) is 0 Å². The molecule has 2 atom stereocenters. The molecule has 0 rings (SSSR count). The molecule has 0 amide bonds. The minimum atomic E-state index is -1.31. The van der Waals surface area contributed by atoms with Crippen molar-refractivity contribution >= 4 is 45.9 Å². The molecule has 0 fully saturated rings. The second-order valence-corrected chi connectivity index (χ2v) is 6.43. The number of hydrogen-bond donors (Lipinski definition) is 4. The first-order valence-corrected chi connectivity index (χ1v) is 6.87. The summed E-state index contributed by atoms with van der Waals surface area (Å²) in [6.45, 7) is 2.81. The Morgan fingerprint density at radius 3 is 1.41 bits per heavy atom. The van der Waals surface area contributed by atoms with E-state index in [2.05, 4.69) is 0 Å². The van der Waals surface area contributed by atoms with E-state index in [1.165, 1.54) is 35.4 Å². The van der Waals surface area contributed by atoms with Gasteiger partial charge in [0, 0.05) is 11.5 Å². The van der Waals surface area contributed by atoms with Crippen molar-refractivity contribution in [3.8, 4) is 0 Å². The summed E-state index contributed by atoms with van der Waals surface area (Å²) in [5.41, 5.74) is 8.35. The number of nitrogens with two attached hydrogens (primary N) is 2. The van der Waals surface area contributed by atoms with E-state index < -0.39 is 23.0 Å². The van der Waals surface area contributed by atoms with E-state index in [1.807, 2.05) is 0 Å². The smallest absolute Gasteiger partial charge is 0.324 e. The minimum absolute atomic E-state index is 0. The first kappa shape index (κ1) is 19.2. The molecule has 0 radical (unpaired) electrons. The number of aliphatic carboxylic acids is 2. The van der Waals surface area contributed by atoms with E-state index in [-0.39, 0.29) is 23.9 Å². The summed E-state index contributed by atoms with van der Waals surface area (Å²) >= 11 is 0. The maximum Gasteiger partial charge on any atom is 0.324 e. The van der Waals surface area contributed by atoms with Crippen LogP contribution in [0.2, 0.25) is 0 Å². The first-order valence-electron chi connectivity index (χ1n) is 4.38. The molecule has 0 unspecified atom stereocenters. The molecular weight excluding hydrogens is 288 g/mol. The molecule has 0 aromatic heterocycles. The third-order valence-corrected chi connectivity index (χ3v) is 4.59. The SMILES string of the molecule is C[C@@](N)(CSSC[C@@](C)(N)C(=O)O)C(=O)O.Cl. The van der Waals surface area contributed by atoms with E-state index in [4.69, 9.17) is 21.7 Å². The van der Waals surface area contributed by atoms with Gasteiger partial charge in [-0.3, -0.25) is 9.59 Å². The molecule has 0 saturated heterocycles. The van der Waals surface area contributed by atoms with Crippen molar-refractivity contribution in [2.75, 3.05) is 11.5 Å². The number of halogens is 1. The average Bonchev–Trinajstić information content (AvgIpc) is 2.12. The van der Waals surface area contributed by atoms with Crippen molar-refractivity contribution < 1.29 is 19.8 Å². The molecular formula is C8H17ClN2O4S2. The predicted molar refractivity (Wildman–Crippen MR) is 72.6 cm³/mol. The maximum atomic E-state index is 10.7. The molecule has 6 nitrogen and oxygen atoms in total. The van der Waals surface area contributed by atoms with Gasteiger partial charge in [-0.1, -0.05) is 21.6 Å². The predicted octanol–water partition coefficient (Wildman–Crippen LogP) is 0.394. The summed E-state index contributed by atoms with van der Waals surface area (Å²) in [5, 5.41) is 17.4. The quantitative estimate of drug-likeness (QED) is 0.393. The first-order chi connectivity index (χ1) is 7.09. The fourth-order valence-corrected chi connectivity index (χ4v) is 3.32. The summed E-state index contributed by atoms with van der Waals surface area (Å²) in [6.07, 6.45) is 0. The third kappa shape index (κ3) is 6.99. The average molecular weight is 305 g/mol. The largest absolute Gasteiger partial charge is 0.480 e. The lowest BCUT2D eigenvalue weighted by Gasteiger charge is -2.20. The standard InChI is InChI=1S/C8H16N2O4S2.ClH/c1-7(9,5(11)12)3-15-16-4-8(2,10)6(13)14;/h3-4,9-10H2,1-2H3,(H,11,12)(H,13,14);1H/t7-,8-;/m1./s1. The monoisotopic (exact) mass is 304 g/mol. The Hall–Kier alpha value is -0.150. The van der Waals surface area contributed by atoms with Crippen molar-refractivity contribution in [3.05, 3.63) is 0 Å². The number of carbonyl (C=O) groups is 2. The van der Waals surface area contributed by atoms with Crippen LogP contribution in [0.1, 0.15) is 13.8 Å². The number of rotatable bonds is 7. The molecule has 0 aromatic carbocycles. The second-order valence-electron chi connectivity index (χ2n) is 3.97. The van der Waals surface area contributed by atoms with Gasteiger partial charge in [-0.05, 0) is 13.8 Å². The van der Waals surface area contributed by atoms with E-state index in [9.17, 15) is 9.59 Å². The van der Waals surface area contributed by atoms with Gasteiger partial charge in [0.1, 0.15) is 11.1 Å². The molecule has 0 bridgehead atoms. The Morgan fingerprint density at radius 1 is 1.00 bits per heavy atom. The Balaban J connectivity index is 0. The molecule has 0 aliphatic carbocycles. The van der Waals surface area contributed by atoms with Gasteiger partial charge in [0.25, 0.3) is 0 Å². The van der Waals surface area contributed by atoms with Gasteiger partial charge in [0.2, 0.25) is 0 Å². The molecule has 9 heteroatoms. The summed E-state index contributed by atoms with van der Waals surface area (Å²) in [7, 11) is 2.40. The van der Waals surface area contributed by atoms with Crippen molar-refractivity contribution in [2.24, 2.45) is 11.5 Å². The topological polar surface area (TPSA) is 127 Å². The lowest BCUT2D eigenvalue weighted by Crippen LogP contribution is -2.48. The summed E-state index contributed by atoms with van der Waals surface area (Å²) < 4.78 is 0. The van der Waals surface area contributed by atoms with Crippen LogP contribution in [-0.4, -0.2) is 44.7 Å². The molecule has 0 spiro atoms. The van der Waals surface area contributed by atoms with Gasteiger partial charge in [-0.25, -0.2) is 0 Å². The summed E-state index contributed by atoms with van der Waals surface area (Å²) in [5.74, 6) is -1.81. The highest BCUT2D eigenvalue weighted by molar-refractivity contribution is 8.76. The van der Waals surface area contributed by atoms with Crippen molar-refractivity contribution in [1.82, 2.24) is 0 Å². The zero-order valence-corrected chi connectivity index (χ0v) is 12.0. The van der Waals surface area contributed by atoms with Crippen molar-refractivity contribution in [3.63, 3.8) is 0 Å². The van der Waals surface area contributed by atoms with Crippen LogP contribution in [-0.2, 0) is 9.59 Å². The van der Waals surface area contributed by atoms with Crippen LogP contribution >= 0.6 is 34.0 Å². The van der Waals surface area contributed by atoms with Crippen molar-refractivity contribution in [2.45, 2.75) is 24.9 Å². The zero-order valence-electron chi connectivity index (χ0n) is 9.50. The number of hydrogen-bond acceptors (Lipinski definition) is 6. The second kappa shape index (κ2) is 7.32. The van der Waals surface area contributed by atoms with Gasteiger partial charge < -0.3 is 21.7 Å². The number of carboxylic acids is 2. The fourth-order valence-electron chi connectivity index (χ4n) is 0.452. The van der Waals surface area contributed by atoms with Crippen LogP contribution < -0.4 is 11.5 Å². The maximum absolute atomic E-state index is 10.7. The molecule has 0 saturated carbocycles. The van der Waals surface area contributed by atoms with E-state index >= 15 is 0 Å². The van der Waals surface area contributed by atoms with Gasteiger partial charge in [0.05, 0.1) is 0 Å². The summed E-state index contributed by atoms with van der Waals surface area (Å²) in [6, 6.07) is 0. The normalized spacial score (nSPS) is 17.4. The minimum Gasteiger partial charge on any atom is -0.480 e. The molecule has 0 aliphatic rings. The van der Waals surface area contributed by atoms with Crippen LogP contribution in [0, 0.1) is 0 Å².